The van der Waals surface area contributed by atoms with Crippen molar-refractivity contribution in [1.29, 1.82) is 5.26 Å². The Morgan fingerprint density at radius 3 is 2.35 bits per heavy atom. The SMILES string of the molecule is CCC(C)(C#N)C(=O)N1CCC(C(C)(C)C)C1. The van der Waals surface area contributed by atoms with Crippen LogP contribution < -0.4 is 0 Å². The van der Waals surface area contributed by atoms with Gasteiger partial charge in [-0.1, -0.05) is 27.7 Å². The van der Waals surface area contributed by atoms with Crippen molar-refractivity contribution in [2.75, 3.05) is 13.1 Å². The maximum Gasteiger partial charge on any atom is 0.242 e. The van der Waals surface area contributed by atoms with Crippen molar-refractivity contribution in [2.24, 2.45) is 16.7 Å². The van der Waals surface area contributed by atoms with Crippen LogP contribution in [0.5, 0.6) is 0 Å². The quantitative estimate of drug-likeness (QED) is 0.740. The molecule has 2 atom stereocenters. The van der Waals surface area contributed by atoms with Crippen LogP contribution in [0.4, 0.5) is 0 Å². The van der Waals surface area contributed by atoms with Crippen LogP contribution in [-0.2, 0) is 4.79 Å². The molecule has 17 heavy (non-hydrogen) atoms. The van der Waals surface area contributed by atoms with E-state index in [9.17, 15) is 4.79 Å². The summed E-state index contributed by atoms with van der Waals surface area (Å²) in [5, 5.41) is 9.14. The van der Waals surface area contributed by atoms with E-state index < -0.39 is 5.41 Å². The van der Waals surface area contributed by atoms with Gasteiger partial charge in [0, 0.05) is 13.1 Å². The number of carbonyl (C=O) groups excluding carboxylic acids is 1. The summed E-state index contributed by atoms with van der Waals surface area (Å²) < 4.78 is 0. The summed E-state index contributed by atoms with van der Waals surface area (Å²) in [6, 6.07) is 2.17. The number of hydrogen-bond donors (Lipinski definition) is 0. The minimum absolute atomic E-state index is 0.00856. The first-order chi connectivity index (χ1) is 7.74. The molecule has 0 aromatic heterocycles. The molecule has 0 bridgehead atoms. The lowest BCUT2D eigenvalue weighted by Gasteiger charge is -2.29. The number of likely N-dealkylation sites (tertiary alicyclic amines) is 1. The van der Waals surface area contributed by atoms with Gasteiger partial charge < -0.3 is 4.90 Å². The average molecular weight is 236 g/mol. The van der Waals surface area contributed by atoms with E-state index >= 15 is 0 Å². The summed E-state index contributed by atoms with van der Waals surface area (Å²) >= 11 is 0. The molecule has 1 rings (SSSR count). The molecule has 0 radical (unpaired) electrons. The lowest BCUT2D eigenvalue weighted by atomic mass is 9.80. The fourth-order valence-electron chi connectivity index (χ4n) is 2.28. The molecule has 3 nitrogen and oxygen atoms in total. The molecule has 3 heteroatoms. The highest BCUT2D eigenvalue weighted by molar-refractivity contribution is 5.85. The standard InChI is InChI=1S/C14H24N2O/c1-6-14(5,10-15)12(17)16-8-7-11(9-16)13(2,3)4/h11H,6-9H2,1-5H3. The van der Waals surface area contributed by atoms with Gasteiger partial charge in [0.1, 0.15) is 5.41 Å². The molecule has 1 saturated heterocycles. The second kappa shape index (κ2) is 4.68. The van der Waals surface area contributed by atoms with Crippen LogP contribution in [0.15, 0.2) is 0 Å². The monoisotopic (exact) mass is 236 g/mol. The fourth-order valence-corrected chi connectivity index (χ4v) is 2.28. The van der Waals surface area contributed by atoms with Gasteiger partial charge in [0.2, 0.25) is 5.91 Å². The molecule has 0 saturated carbocycles. The predicted molar refractivity (Wildman–Crippen MR) is 68.2 cm³/mol. The molecule has 1 amide bonds. The van der Waals surface area contributed by atoms with E-state index in [0.717, 1.165) is 19.5 Å². The summed E-state index contributed by atoms with van der Waals surface area (Å²) in [5.41, 5.74) is -0.600. The van der Waals surface area contributed by atoms with Crippen LogP contribution in [0.25, 0.3) is 0 Å². The van der Waals surface area contributed by atoms with Crippen molar-refractivity contribution in [2.45, 2.75) is 47.5 Å². The average Bonchev–Trinajstić information content (AvgIpc) is 2.75. The fraction of sp³-hybridized carbons (Fsp3) is 0.857. The minimum atomic E-state index is -0.841. The second-order valence-electron chi connectivity index (χ2n) is 6.40. The molecule has 96 valence electrons. The van der Waals surface area contributed by atoms with Gasteiger partial charge in [0.25, 0.3) is 0 Å². The van der Waals surface area contributed by atoms with Crippen molar-refractivity contribution >= 4 is 5.91 Å². The maximum absolute atomic E-state index is 12.3. The zero-order chi connectivity index (χ0) is 13.3. The molecule has 1 heterocycles. The number of amides is 1. The Hall–Kier alpha value is -1.04. The molecule has 1 fully saturated rings. The van der Waals surface area contributed by atoms with Gasteiger partial charge in [0.05, 0.1) is 6.07 Å². The molecule has 2 unspecified atom stereocenters. The molecule has 1 aliphatic heterocycles. The van der Waals surface area contributed by atoms with Gasteiger partial charge in [0.15, 0.2) is 0 Å². The third kappa shape index (κ3) is 2.80. The molecule has 1 aliphatic rings. The third-order valence-electron chi connectivity index (χ3n) is 4.13. The largest absolute Gasteiger partial charge is 0.341 e. The van der Waals surface area contributed by atoms with Crippen LogP contribution in [0, 0.1) is 28.1 Å². The number of carbonyl (C=O) groups is 1. The molecule has 0 aromatic rings. The summed E-state index contributed by atoms with van der Waals surface area (Å²) in [6.45, 7) is 11.9. The molecule has 0 aliphatic carbocycles. The summed E-state index contributed by atoms with van der Waals surface area (Å²) in [5.74, 6) is 0.556. The van der Waals surface area contributed by atoms with Gasteiger partial charge in [-0.25, -0.2) is 0 Å². The Balaban J connectivity index is 2.73. The summed E-state index contributed by atoms with van der Waals surface area (Å²) in [7, 11) is 0. The number of nitriles is 1. The first-order valence-electron chi connectivity index (χ1n) is 6.45. The van der Waals surface area contributed by atoms with Crippen LogP contribution in [0.3, 0.4) is 0 Å². The zero-order valence-electron chi connectivity index (χ0n) is 11.7. The van der Waals surface area contributed by atoms with E-state index in [1.165, 1.54) is 0 Å². The van der Waals surface area contributed by atoms with Crippen molar-refractivity contribution < 1.29 is 4.79 Å². The van der Waals surface area contributed by atoms with Crippen molar-refractivity contribution in [3.8, 4) is 6.07 Å². The maximum atomic E-state index is 12.3. The molecular weight excluding hydrogens is 212 g/mol. The van der Waals surface area contributed by atoms with E-state index in [4.69, 9.17) is 5.26 Å². The Bertz CT molecular complexity index is 337. The number of hydrogen-bond acceptors (Lipinski definition) is 2. The summed E-state index contributed by atoms with van der Waals surface area (Å²) in [6.07, 6.45) is 1.64. The highest BCUT2D eigenvalue weighted by Crippen LogP contribution is 2.35. The topological polar surface area (TPSA) is 44.1 Å². The first-order valence-corrected chi connectivity index (χ1v) is 6.45. The zero-order valence-corrected chi connectivity index (χ0v) is 11.7. The lowest BCUT2D eigenvalue weighted by molar-refractivity contribution is -0.137. The highest BCUT2D eigenvalue weighted by Gasteiger charge is 2.40. The molecule has 0 spiro atoms. The number of rotatable bonds is 2. The smallest absolute Gasteiger partial charge is 0.242 e. The predicted octanol–water partition coefficient (Wildman–Crippen LogP) is 2.82. The Labute approximate surface area is 105 Å². The van der Waals surface area contributed by atoms with E-state index in [0.29, 0.717) is 12.3 Å². The normalized spacial score (nSPS) is 24.2. The third-order valence-corrected chi connectivity index (χ3v) is 4.13. The summed E-state index contributed by atoms with van der Waals surface area (Å²) in [4.78, 5) is 14.2. The molecular formula is C14H24N2O. The van der Waals surface area contributed by atoms with Gasteiger partial charge >= 0.3 is 0 Å². The second-order valence-corrected chi connectivity index (χ2v) is 6.40. The Morgan fingerprint density at radius 2 is 2.00 bits per heavy atom. The Kier molecular flexibility index (Phi) is 3.86. The van der Waals surface area contributed by atoms with E-state index in [1.54, 1.807) is 6.92 Å². The van der Waals surface area contributed by atoms with Crippen LogP contribution in [0.2, 0.25) is 0 Å². The minimum Gasteiger partial charge on any atom is -0.341 e. The Morgan fingerprint density at radius 1 is 1.41 bits per heavy atom. The number of nitrogens with zero attached hydrogens (tertiary/aromatic N) is 2. The van der Waals surface area contributed by atoms with Crippen LogP contribution in [-0.4, -0.2) is 23.9 Å². The van der Waals surface area contributed by atoms with Crippen molar-refractivity contribution in [1.82, 2.24) is 4.90 Å². The van der Waals surface area contributed by atoms with Gasteiger partial charge in [-0.05, 0) is 31.1 Å². The van der Waals surface area contributed by atoms with Crippen molar-refractivity contribution in [3.05, 3.63) is 0 Å². The lowest BCUT2D eigenvalue weighted by Crippen LogP contribution is -2.40. The van der Waals surface area contributed by atoms with Crippen LogP contribution in [0.1, 0.15) is 47.5 Å². The van der Waals surface area contributed by atoms with Gasteiger partial charge in [-0.15, -0.1) is 0 Å². The van der Waals surface area contributed by atoms with E-state index in [-0.39, 0.29) is 11.3 Å². The van der Waals surface area contributed by atoms with Gasteiger partial charge in [-0.2, -0.15) is 5.26 Å². The van der Waals surface area contributed by atoms with Gasteiger partial charge in [-0.3, -0.25) is 4.79 Å². The molecule has 0 aromatic carbocycles. The highest BCUT2D eigenvalue weighted by atomic mass is 16.2. The first kappa shape index (κ1) is 14.0. The molecule has 0 N–H and O–H groups in total. The van der Waals surface area contributed by atoms with Crippen molar-refractivity contribution in [3.63, 3.8) is 0 Å². The van der Waals surface area contributed by atoms with E-state index in [1.807, 2.05) is 11.8 Å². The van der Waals surface area contributed by atoms with E-state index in [2.05, 4.69) is 26.8 Å². The van der Waals surface area contributed by atoms with Crippen LogP contribution >= 0.6 is 0 Å².